The molecule has 14 heavy (non-hydrogen) atoms. The zero-order valence-corrected chi connectivity index (χ0v) is 10.0. The number of nitrogens with zero attached hydrogens (tertiary/aromatic N) is 2. The van der Waals surface area contributed by atoms with E-state index in [-0.39, 0.29) is 6.61 Å². The third-order valence-corrected chi connectivity index (χ3v) is 3.60. The fraction of sp³-hybridized carbons (Fsp3) is 0.444. The van der Waals surface area contributed by atoms with Crippen LogP contribution in [0.1, 0.15) is 12.1 Å². The van der Waals surface area contributed by atoms with Crippen molar-refractivity contribution in [3.63, 3.8) is 0 Å². The summed E-state index contributed by atoms with van der Waals surface area (Å²) in [5, 5.41) is 11.8. The van der Waals surface area contributed by atoms with Crippen LogP contribution in [0.3, 0.4) is 0 Å². The monoisotopic (exact) mass is 274 g/mol. The molecule has 0 aliphatic carbocycles. The average molecular weight is 275 g/mol. The number of thiazole rings is 1. The molecule has 76 valence electrons. The molecule has 0 amide bonds. The van der Waals surface area contributed by atoms with E-state index >= 15 is 0 Å². The van der Waals surface area contributed by atoms with Gasteiger partial charge >= 0.3 is 0 Å². The van der Waals surface area contributed by atoms with Crippen LogP contribution in [-0.2, 0) is 6.61 Å². The Morgan fingerprint density at radius 3 is 3.14 bits per heavy atom. The molecule has 0 aromatic carbocycles. The highest BCUT2D eigenvalue weighted by Gasteiger charge is 2.14. The van der Waals surface area contributed by atoms with Crippen molar-refractivity contribution >= 4 is 32.4 Å². The highest BCUT2D eigenvalue weighted by Crippen LogP contribution is 2.25. The molecule has 0 bridgehead atoms. The van der Waals surface area contributed by atoms with Crippen LogP contribution in [-0.4, -0.2) is 23.2 Å². The summed E-state index contributed by atoms with van der Waals surface area (Å²) in [6, 6.07) is 0. The predicted octanol–water partition coefficient (Wildman–Crippen LogP) is 2.12. The number of anilines is 1. The predicted molar refractivity (Wildman–Crippen MR) is 61.9 cm³/mol. The minimum Gasteiger partial charge on any atom is -0.390 e. The number of rotatable bonds is 2. The summed E-state index contributed by atoms with van der Waals surface area (Å²) in [6.07, 6.45) is 3.24. The molecule has 1 N–H and O–H groups in total. The molecule has 0 saturated carbocycles. The fourth-order valence-corrected chi connectivity index (χ4v) is 2.76. The van der Waals surface area contributed by atoms with Gasteiger partial charge in [-0.25, -0.2) is 4.98 Å². The minimum absolute atomic E-state index is 0.0291. The molecular formula is C9H11BrN2OS. The molecule has 5 heteroatoms. The van der Waals surface area contributed by atoms with Crippen molar-refractivity contribution in [1.82, 2.24) is 4.98 Å². The SMILES string of the molecule is OCc1csc(N2CCC=C(Br)C2)n1. The van der Waals surface area contributed by atoms with Crippen LogP contribution in [0.25, 0.3) is 0 Å². The lowest BCUT2D eigenvalue weighted by Crippen LogP contribution is -2.28. The van der Waals surface area contributed by atoms with Gasteiger partial charge in [-0.2, -0.15) is 0 Å². The van der Waals surface area contributed by atoms with E-state index in [0.29, 0.717) is 0 Å². The van der Waals surface area contributed by atoms with Gasteiger partial charge in [-0.3, -0.25) is 0 Å². The zero-order chi connectivity index (χ0) is 9.97. The summed E-state index contributed by atoms with van der Waals surface area (Å²) < 4.78 is 1.21. The molecule has 0 saturated heterocycles. The van der Waals surface area contributed by atoms with E-state index in [1.54, 1.807) is 11.3 Å². The minimum atomic E-state index is 0.0291. The fourth-order valence-electron chi connectivity index (χ4n) is 1.38. The summed E-state index contributed by atoms with van der Waals surface area (Å²) in [7, 11) is 0. The first-order chi connectivity index (χ1) is 6.79. The van der Waals surface area contributed by atoms with Crippen molar-refractivity contribution < 1.29 is 5.11 Å². The summed E-state index contributed by atoms with van der Waals surface area (Å²) >= 11 is 5.09. The van der Waals surface area contributed by atoms with Crippen molar-refractivity contribution in [2.45, 2.75) is 13.0 Å². The molecular weight excluding hydrogens is 264 g/mol. The molecule has 0 radical (unpaired) electrons. The van der Waals surface area contributed by atoms with E-state index in [0.717, 1.165) is 30.3 Å². The maximum atomic E-state index is 8.91. The number of aliphatic hydroxyl groups excluding tert-OH is 1. The molecule has 0 spiro atoms. The standard InChI is InChI=1S/C9H11BrN2OS/c10-7-2-1-3-12(4-7)9-11-8(5-13)6-14-9/h2,6,13H,1,3-5H2. The Bertz CT molecular complexity index is 350. The summed E-state index contributed by atoms with van der Waals surface area (Å²) in [5.41, 5.74) is 0.760. The van der Waals surface area contributed by atoms with Crippen LogP contribution < -0.4 is 4.90 Å². The van der Waals surface area contributed by atoms with Crippen LogP contribution in [0.15, 0.2) is 15.9 Å². The van der Waals surface area contributed by atoms with Gasteiger partial charge in [-0.1, -0.05) is 22.0 Å². The third-order valence-electron chi connectivity index (χ3n) is 2.08. The molecule has 0 fully saturated rings. The molecule has 3 nitrogen and oxygen atoms in total. The first-order valence-corrected chi connectivity index (χ1v) is 6.11. The van der Waals surface area contributed by atoms with E-state index in [1.165, 1.54) is 4.48 Å². The number of hydrogen-bond acceptors (Lipinski definition) is 4. The Balaban J connectivity index is 2.11. The lowest BCUT2D eigenvalue weighted by Gasteiger charge is -2.24. The van der Waals surface area contributed by atoms with Crippen LogP contribution in [0.2, 0.25) is 0 Å². The van der Waals surface area contributed by atoms with Crippen molar-refractivity contribution in [2.75, 3.05) is 18.0 Å². The Hall–Kier alpha value is -0.390. The summed E-state index contributed by atoms with van der Waals surface area (Å²) in [5.74, 6) is 0. The van der Waals surface area contributed by atoms with Crippen LogP contribution in [0, 0.1) is 0 Å². The van der Waals surface area contributed by atoms with Crippen LogP contribution in [0.4, 0.5) is 5.13 Å². The number of hydrogen-bond donors (Lipinski definition) is 1. The Morgan fingerprint density at radius 2 is 2.50 bits per heavy atom. The van der Waals surface area contributed by atoms with E-state index in [9.17, 15) is 0 Å². The molecule has 1 aliphatic rings. The van der Waals surface area contributed by atoms with Crippen molar-refractivity contribution in [2.24, 2.45) is 0 Å². The zero-order valence-electron chi connectivity index (χ0n) is 7.61. The normalized spacial score (nSPS) is 17.0. The van der Waals surface area contributed by atoms with Gasteiger partial charge in [0.05, 0.1) is 18.8 Å². The van der Waals surface area contributed by atoms with Crippen LogP contribution in [0.5, 0.6) is 0 Å². The highest BCUT2D eigenvalue weighted by atomic mass is 79.9. The molecule has 2 heterocycles. The first-order valence-electron chi connectivity index (χ1n) is 4.44. The smallest absolute Gasteiger partial charge is 0.185 e. The summed E-state index contributed by atoms with van der Waals surface area (Å²) in [4.78, 5) is 6.55. The second-order valence-electron chi connectivity index (χ2n) is 3.14. The molecule has 0 atom stereocenters. The van der Waals surface area contributed by atoms with E-state index in [2.05, 4.69) is 31.9 Å². The number of aliphatic hydroxyl groups is 1. The summed E-state index contributed by atoms with van der Waals surface area (Å²) in [6.45, 7) is 1.92. The van der Waals surface area contributed by atoms with Crippen molar-refractivity contribution in [3.05, 3.63) is 21.6 Å². The molecule has 1 aliphatic heterocycles. The van der Waals surface area contributed by atoms with Gasteiger partial charge in [0.25, 0.3) is 0 Å². The molecule has 2 rings (SSSR count). The Morgan fingerprint density at radius 1 is 1.64 bits per heavy atom. The van der Waals surface area contributed by atoms with Gasteiger partial charge in [0.1, 0.15) is 0 Å². The van der Waals surface area contributed by atoms with Crippen molar-refractivity contribution in [3.8, 4) is 0 Å². The van der Waals surface area contributed by atoms with Crippen LogP contribution >= 0.6 is 27.3 Å². The molecule has 1 aromatic rings. The number of aromatic nitrogens is 1. The molecule has 1 aromatic heterocycles. The van der Waals surface area contributed by atoms with Gasteiger partial charge in [-0.15, -0.1) is 11.3 Å². The lowest BCUT2D eigenvalue weighted by atomic mass is 10.3. The second-order valence-corrected chi connectivity index (χ2v) is 5.00. The van der Waals surface area contributed by atoms with Gasteiger partial charge in [0.2, 0.25) is 0 Å². The maximum Gasteiger partial charge on any atom is 0.185 e. The van der Waals surface area contributed by atoms with E-state index in [1.807, 2.05) is 5.38 Å². The quantitative estimate of drug-likeness (QED) is 0.898. The van der Waals surface area contributed by atoms with Gasteiger partial charge in [0.15, 0.2) is 5.13 Å². The third kappa shape index (κ3) is 2.16. The maximum absolute atomic E-state index is 8.91. The lowest BCUT2D eigenvalue weighted by molar-refractivity contribution is 0.277. The average Bonchev–Trinajstić information content (AvgIpc) is 2.66. The Labute approximate surface area is 95.2 Å². The van der Waals surface area contributed by atoms with Gasteiger partial charge in [-0.05, 0) is 6.42 Å². The molecule has 0 unspecified atom stereocenters. The van der Waals surface area contributed by atoms with E-state index < -0.39 is 0 Å². The largest absolute Gasteiger partial charge is 0.390 e. The van der Waals surface area contributed by atoms with Gasteiger partial charge in [0, 0.05) is 16.4 Å². The van der Waals surface area contributed by atoms with E-state index in [4.69, 9.17) is 5.11 Å². The van der Waals surface area contributed by atoms with Crippen molar-refractivity contribution in [1.29, 1.82) is 0 Å². The Kier molecular flexibility index (Phi) is 3.20. The highest BCUT2D eigenvalue weighted by molar-refractivity contribution is 9.11. The number of halogens is 1. The topological polar surface area (TPSA) is 36.4 Å². The van der Waals surface area contributed by atoms with Gasteiger partial charge < -0.3 is 10.0 Å². The first kappa shape index (κ1) is 10.1. The second kappa shape index (κ2) is 4.42.